The monoisotopic (exact) mass is 390 g/mol. The maximum Gasteiger partial charge on any atom is 0.248 e. The number of aryl methyl sites for hydroxylation is 1. The van der Waals surface area contributed by atoms with E-state index < -0.39 is 0 Å². The van der Waals surface area contributed by atoms with Gasteiger partial charge in [-0.25, -0.2) is 4.98 Å². The van der Waals surface area contributed by atoms with E-state index >= 15 is 0 Å². The second-order valence-corrected chi connectivity index (χ2v) is 7.16. The van der Waals surface area contributed by atoms with Crippen molar-refractivity contribution in [1.82, 2.24) is 15.8 Å². The Morgan fingerprint density at radius 2 is 1.82 bits per heavy atom. The predicted octanol–water partition coefficient (Wildman–Crippen LogP) is 2.90. The van der Waals surface area contributed by atoms with Gasteiger partial charge in [-0.2, -0.15) is 5.26 Å². The zero-order valence-corrected chi connectivity index (χ0v) is 16.0. The van der Waals surface area contributed by atoms with Crippen LogP contribution in [0.4, 0.5) is 0 Å². The van der Waals surface area contributed by atoms with E-state index in [2.05, 4.69) is 21.9 Å². The molecule has 0 saturated carbocycles. The Morgan fingerprint density at radius 3 is 2.57 bits per heavy atom. The number of benzene rings is 2. The molecule has 3 aromatic rings. The van der Waals surface area contributed by atoms with Gasteiger partial charge in [0.15, 0.2) is 0 Å². The normalized spacial score (nSPS) is 10.3. The Kier molecular flexibility index (Phi) is 6.25. The summed E-state index contributed by atoms with van der Waals surface area (Å²) in [5.41, 5.74) is 7.91. The van der Waals surface area contributed by atoms with Crippen molar-refractivity contribution in [2.24, 2.45) is 0 Å². The number of carbonyl (C=O) groups excluding carboxylic acids is 2. The molecule has 0 saturated heterocycles. The fourth-order valence-electron chi connectivity index (χ4n) is 2.60. The highest BCUT2D eigenvalue weighted by molar-refractivity contribution is 8.00. The second kappa shape index (κ2) is 9.02. The van der Waals surface area contributed by atoms with E-state index in [-0.39, 0.29) is 24.0 Å². The molecule has 1 aromatic heterocycles. The van der Waals surface area contributed by atoms with Crippen LogP contribution in [0.25, 0.3) is 10.9 Å². The number of aromatic nitrogens is 1. The van der Waals surface area contributed by atoms with Crippen LogP contribution in [0.2, 0.25) is 0 Å². The molecule has 28 heavy (non-hydrogen) atoms. The number of nitriles is 1. The first-order valence-corrected chi connectivity index (χ1v) is 9.59. The van der Waals surface area contributed by atoms with Gasteiger partial charge >= 0.3 is 0 Å². The van der Waals surface area contributed by atoms with Gasteiger partial charge in [-0.15, -0.1) is 0 Å². The fourth-order valence-corrected chi connectivity index (χ4v) is 3.37. The van der Waals surface area contributed by atoms with Gasteiger partial charge in [-0.3, -0.25) is 20.4 Å². The third kappa shape index (κ3) is 5.09. The van der Waals surface area contributed by atoms with Crippen LogP contribution in [-0.2, 0) is 16.0 Å². The van der Waals surface area contributed by atoms with Gasteiger partial charge in [0.05, 0.1) is 23.3 Å². The molecule has 0 bridgehead atoms. The molecule has 0 aliphatic carbocycles. The number of rotatable bonds is 5. The zero-order valence-electron chi connectivity index (χ0n) is 15.2. The summed E-state index contributed by atoms with van der Waals surface area (Å²) in [7, 11) is 0. The molecule has 2 N–H and O–H groups in total. The van der Waals surface area contributed by atoms with Gasteiger partial charge in [0, 0.05) is 5.39 Å². The molecular formula is C21H18N4O2S. The van der Waals surface area contributed by atoms with Gasteiger partial charge in [0.25, 0.3) is 0 Å². The number of hydrogen-bond acceptors (Lipinski definition) is 5. The lowest BCUT2D eigenvalue weighted by Crippen LogP contribution is -2.43. The van der Waals surface area contributed by atoms with E-state index in [1.807, 2.05) is 55.5 Å². The summed E-state index contributed by atoms with van der Waals surface area (Å²) in [5.74, 6) is -0.646. The highest BCUT2D eigenvalue weighted by atomic mass is 32.2. The summed E-state index contributed by atoms with van der Waals surface area (Å²) >= 11 is 1.16. The molecule has 6 nitrogen and oxygen atoms in total. The van der Waals surface area contributed by atoms with E-state index in [0.29, 0.717) is 10.6 Å². The lowest BCUT2D eigenvalue weighted by Gasteiger charge is -2.08. The molecule has 3 rings (SSSR count). The summed E-state index contributed by atoms with van der Waals surface area (Å²) in [4.78, 5) is 28.4. The maximum atomic E-state index is 12.0. The lowest BCUT2D eigenvalue weighted by molar-refractivity contribution is -0.127. The van der Waals surface area contributed by atoms with Crippen LogP contribution in [0.15, 0.2) is 59.6 Å². The van der Waals surface area contributed by atoms with Gasteiger partial charge in [-0.1, -0.05) is 53.7 Å². The van der Waals surface area contributed by atoms with Crippen LogP contribution < -0.4 is 10.9 Å². The van der Waals surface area contributed by atoms with Crippen LogP contribution >= 0.6 is 11.8 Å². The maximum absolute atomic E-state index is 12.0. The summed E-state index contributed by atoms with van der Waals surface area (Å²) in [6.07, 6.45) is 0.179. The number of amides is 2. The number of thioether (sulfide) groups is 1. The first-order chi connectivity index (χ1) is 13.5. The van der Waals surface area contributed by atoms with Crippen molar-refractivity contribution in [3.05, 3.63) is 71.3 Å². The van der Waals surface area contributed by atoms with E-state index in [4.69, 9.17) is 0 Å². The number of hydrazine groups is 1. The van der Waals surface area contributed by atoms with E-state index in [0.717, 1.165) is 33.8 Å². The SMILES string of the molecule is Cc1ccc2nc(SCC(=O)NNC(=O)Cc3ccccc3)c(C#N)cc2c1. The first-order valence-electron chi connectivity index (χ1n) is 8.61. The second-order valence-electron chi connectivity index (χ2n) is 6.20. The van der Waals surface area contributed by atoms with Crippen LogP contribution in [0, 0.1) is 18.3 Å². The van der Waals surface area contributed by atoms with Gasteiger partial charge < -0.3 is 0 Å². The zero-order chi connectivity index (χ0) is 19.9. The molecule has 2 amide bonds. The lowest BCUT2D eigenvalue weighted by atomic mass is 10.1. The van der Waals surface area contributed by atoms with Crippen molar-refractivity contribution in [1.29, 1.82) is 5.26 Å². The number of fused-ring (bicyclic) bond motifs is 1. The summed E-state index contributed by atoms with van der Waals surface area (Å²) in [6.45, 7) is 1.98. The summed E-state index contributed by atoms with van der Waals surface area (Å²) in [5, 5.41) is 10.7. The first kappa shape index (κ1) is 19.4. The number of hydrogen-bond donors (Lipinski definition) is 2. The van der Waals surface area contributed by atoms with Crippen molar-refractivity contribution < 1.29 is 9.59 Å². The Hall–Kier alpha value is -3.37. The molecule has 0 fully saturated rings. The van der Waals surface area contributed by atoms with Crippen LogP contribution in [0.1, 0.15) is 16.7 Å². The highest BCUT2D eigenvalue weighted by Gasteiger charge is 2.11. The topological polar surface area (TPSA) is 94.9 Å². The highest BCUT2D eigenvalue weighted by Crippen LogP contribution is 2.25. The van der Waals surface area contributed by atoms with Crippen molar-refractivity contribution in [3.8, 4) is 6.07 Å². The smallest absolute Gasteiger partial charge is 0.248 e. The number of nitrogens with zero attached hydrogens (tertiary/aromatic N) is 2. The van der Waals surface area contributed by atoms with Gasteiger partial charge in [0.2, 0.25) is 11.8 Å². The molecular weight excluding hydrogens is 372 g/mol. The van der Waals surface area contributed by atoms with Gasteiger partial charge in [0.1, 0.15) is 11.1 Å². The molecule has 0 aliphatic rings. The molecule has 140 valence electrons. The number of nitrogens with one attached hydrogen (secondary N) is 2. The third-order valence-electron chi connectivity index (χ3n) is 3.94. The minimum Gasteiger partial charge on any atom is -0.273 e. The Labute approximate surface area is 166 Å². The standard InChI is InChI=1S/C21H18N4O2S/c1-14-7-8-18-16(9-14)11-17(12-22)21(23-18)28-13-20(27)25-24-19(26)10-15-5-3-2-4-6-15/h2-9,11H,10,13H2,1H3,(H,24,26)(H,25,27). The van der Waals surface area contributed by atoms with Crippen LogP contribution in [0.3, 0.4) is 0 Å². The van der Waals surface area contributed by atoms with Gasteiger partial charge in [-0.05, 0) is 30.7 Å². The van der Waals surface area contributed by atoms with Crippen molar-refractivity contribution in [3.63, 3.8) is 0 Å². The van der Waals surface area contributed by atoms with E-state index in [1.54, 1.807) is 6.07 Å². The molecule has 0 aliphatic heterocycles. The molecule has 2 aromatic carbocycles. The average molecular weight is 390 g/mol. The molecule has 0 atom stereocenters. The fraction of sp³-hybridized carbons (Fsp3) is 0.143. The average Bonchev–Trinajstić information content (AvgIpc) is 2.70. The molecule has 0 unspecified atom stereocenters. The summed E-state index contributed by atoms with van der Waals surface area (Å²) < 4.78 is 0. The molecule has 0 spiro atoms. The van der Waals surface area contributed by atoms with Crippen LogP contribution in [-0.4, -0.2) is 22.6 Å². The minimum atomic E-state index is -0.374. The third-order valence-corrected chi connectivity index (χ3v) is 4.94. The molecule has 0 radical (unpaired) electrons. The van der Waals surface area contributed by atoms with E-state index in [1.165, 1.54) is 0 Å². The molecule has 7 heteroatoms. The van der Waals surface area contributed by atoms with Crippen LogP contribution in [0.5, 0.6) is 0 Å². The summed E-state index contributed by atoms with van der Waals surface area (Å²) in [6, 6.07) is 19.0. The minimum absolute atomic E-state index is 0.0324. The Balaban J connectivity index is 1.56. The largest absolute Gasteiger partial charge is 0.273 e. The quantitative estimate of drug-likeness (QED) is 0.516. The van der Waals surface area contributed by atoms with Crippen molar-refractivity contribution in [2.75, 3.05) is 5.75 Å². The predicted molar refractivity (Wildman–Crippen MR) is 108 cm³/mol. The number of carbonyl (C=O) groups is 2. The Morgan fingerprint density at radius 1 is 1.07 bits per heavy atom. The molecule has 1 heterocycles. The van der Waals surface area contributed by atoms with Crippen molar-refractivity contribution >= 4 is 34.5 Å². The van der Waals surface area contributed by atoms with Crippen molar-refractivity contribution in [2.45, 2.75) is 18.4 Å². The number of pyridine rings is 1. The Bertz CT molecular complexity index is 1060. The van der Waals surface area contributed by atoms with E-state index in [9.17, 15) is 14.9 Å².